The number of fused-ring (bicyclic) bond motifs is 1. The average Bonchev–Trinajstić information content (AvgIpc) is 3.27. The summed E-state index contributed by atoms with van der Waals surface area (Å²) >= 11 is 8.04. The zero-order valence-electron chi connectivity index (χ0n) is 14.5. The Hall–Kier alpha value is -1.78. The van der Waals surface area contributed by atoms with Gasteiger partial charge in [0.15, 0.2) is 0 Å². The lowest BCUT2D eigenvalue weighted by Crippen LogP contribution is -2.19. The highest BCUT2D eigenvalue weighted by atomic mass is 35.5. The smallest absolute Gasteiger partial charge is 0.131 e. The van der Waals surface area contributed by atoms with Crippen LogP contribution in [0.2, 0.25) is 5.02 Å². The van der Waals surface area contributed by atoms with Gasteiger partial charge in [0, 0.05) is 43.4 Å². The predicted molar refractivity (Wildman–Crippen MR) is 107 cm³/mol. The maximum atomic E-state index is 6.22. The minimum atomic E-state index is 0.746. The van der Waals surface area contributed by atoms with E-state index < -0.39 is 0 Å². The fourth-order valence-electron chi connectivity index (χ4n) is 3.06. The van der Waals surface area contributed by atoms with Gasteiger partial charge in [0.05, 0.1) is 12.2 Å². The van der Waals surface area contributed by atoms with Crippen molar-refractivity contribution in [2.45, 2.75) is 27.7 Å². The van der Waals surface area contributed by atoms with Crippen LogP contribution in [0.1, 0.15) is 29.2 Å². The minimum absolute atomic E-state index is 0.746. The molecule has 0 atom stereocenters. The van der Waals surface area contributed by atoms with Crippen LogP contribution in [-0.4, -0.2) is 23.9 Å². The van der Waals surface area contributed by atoms with Crippen molar-refractivity contribution in [3.8, 4) is 11.3 Å². The number of H-pyrrole nitrogens is 1. The maximum Gasteiger partial charge on any atom is 0.131 e. The van der Waals surface area contributed by atoms with Gasteiger partial charge in [0.25, 0.3) is 0 Å². The van der Waals surface area contributed by atoms with E-state index in [2.05, 4.69) is 35.2 Å². The van der Waals surface area contributed by atoms with E-state index in [-0.39, 0.29) is 0 Å². The Labute approximate surface area is 151 Å². The minimum Gasteiger partial charge on any atom is -0.368 e. The Balaban J connectivity index is 0.000000815. The molecule has 3 aromatic rings. The number of thiophene rings is 1. The van der Waals surface area contributed by atoms with Crippen molar-refractivity contribution in [3.63, 3.8) is 0 Å². The van der Waals surface area contributed by atoms with Gasteiger partial charge in [-0.3, -0.25) is 4.99 Å². The molecule has 1 aliphatic rings. The second-order valence-corrected chi connectivity index (χ2v) is 7.45. The molecule has 4 rings (SSSR count). The van der Waals surface area contributed by atoms with Crippen LogP contribution in [0.25, 0.3) is 22.2 Å². The van der Waals surface area contributed by atoms with Crippen molar-refractivity contribution in [1.82, 2.24) is 10.3 Å². The third-order valence-electron chi connectivity index (χ3n) is 3.98. The number of aliphatic imine (C=N–C) groups is 1. The van der Waals surface area contributed by atoms with Gasteiger partial charge in [-0.25, -0.2) is 0 Å². The Bertz CT molecular complexity index is 905. The third kappa shape index (κ3) is 2.96. The summed E-state index contributed by atoms with van der Waals surface area (Å²) in [7, 11) is 0. The van der Waals surface area contributed by atoms with Gasteiger partial charge in [0.1, 0.15) is 5.84 Å². The molecule has 1 aromatic carbocycles. The summed E-state index contributed by atoms with van der Waals surface area (Å²) in [6.07, 6.45) is 0. The molecule has 126 valence electrons. The van der Waals surface area contributed by atoms with Gasteiger partial charge in [-0.1, -0.05) is 25.4 Å². The van der Waals surface area contributed by atoms with Crippen molar-refractivity contribution < 1.29 is 0 Å². The Morgan fingerprint density at radius 3 is 2.58 bits per heavy atom. The molecule has 2 aromatic heterocycles. The van der Waals surface area contributed by atoms with Crippen LogP contribution in [-0.2, 0) is 0 Å². The second kappa shape index (κ2) is 6.99. The molecule has 0 saturated carbocycles. The third-order valence-corrected chi connectivity index (χ3v) is 5.18. The van der Waals surface area contributed by atoms with E-state index in [1.54, 1.807) is 0 Å². The summed E-state index contributed by atoms with van der Waals surface area (Å²) in [4.78, 5) is 10.8. The molecule has 0 aliphatic carbocycles. The Morgan fingerprint density at radius 1 is 1.17 bits per heavy atom. The number of hydrogen-bond acceptors (Lipinski definition) is 3. The quantitative estimate of drug-likeness (QED) is 0.619. The first-order chi connectivity index (χ1) is 11.6. The molecule has 1 aliphatic heterocycles. The summed E-state index contributed by atoms with van der Waals surface area (Å²) < 4.78 is 0. The number of rotatable bonds is 2. The first kappa shape index (κ1) is 17.1. The highest BCUT2D eigenvalue weighted by Gasteiger charge is 2.21. The summed E-state index contributed by atoms with van der Waals surface area (Å²) in [5.41, 5.74) is 4.61. The number of nitrogens with zero attached hydrogens (tertiary/aromatic N) is 1. The summed E-state index contributed by atoms with van der Waals surface area (Å²) in [5, 5.41) is 5.27. The molecule has 0 bridgehead atoms. The van der Waals surface area contributed by atoms with E-state index in [0.29, 0.717) is 0 Å². The molecule has 0 radical (unpaired) electrons. The molecule has 3 heterocycles. The van der Waals surface area contributed by atoms with E-state index >= 15 is 0 Å². The van der Waals surface area contributed by atoms with Crippen molar-refractivity contribution in [1.29, 1.82) is 0 Å². The number of hydrogen-bond donors (Lipinski definition) is 2. The van der Waals surface area contributed by atoms with Crippen molar-refractivity contribution in [2.75, 3.05) is 13.1 Å². The summed E-state index contributed by atoms with van der Waals surface area (Å²) in [6.45, 7) is 10.0. The number of aromatic nitrogens is 1. The van der Waals surface area contributed by atoms with E-state index in [0.717, 1.165) is 46.1 Å². The molecular formula is C19H22ClN3S. The highest BCUT2D eigenvalue weighted by Crippen LogP contribution is 2.37. The molecule has 5 heteroatoms. The number of benzene rings is 1. The lowest BCUT2D eigenvalue weighted by Gasteiger charge is -2.06. The maximum absolute atomic E-state index is 6.22. The van der Waals surface area contributed by atoms with Crippen molar-refractivity contribution in [3.05, 3.63) is 44.6 Å². The number of halogens is 1. The number of amidine groups is 1. The summed E-state index contributed by atoms with van der Waals surface area (Å²) in [5.74, 6) is 0.965. The van der Waals surface area contributed by atoms with Gasteiger partial charge >= 0.3 is 0 Å². The molecule has 3 nitrogen and oxygen atoms in total. The van der Waals surface area contributed by atoms with Gasteiger partial charge in [-0.15, -0.1) is 11.3 Å². The van der Waals surface area contributed by atoms with Gasteiger partial charge in [-0.05, 0) is 38.1 Å². The first-order valence-electron chi connectivity index (χ1n) is 8.31. The Morgan fingerprint density at radius 2 is 1.96 bits per heavy atom. The normalized spacial score (nSPS) is 13.5. The van der Waals surface area contributed by atoms with Gasteiger partial charge in [0.2, 0.25) is 0 Å². The SMILES string of the molecule is CC.Cc1cc(-c2[nH]c3ccc(Cl)cc3c2C2=NCCN2)c(C)s1. The van der Waals surface area contributed by atoms with Crippen LogP contribution < -0.4 is 5.32 Å². The van der Waals surface area contributed by atoms with Gasteiger partial charge < -0.3 is 10.3 Å². The number of nitrogens with one attached hydrogen (secondary N) is 2. The summed E-state index contributed by atoms with van der Waals surface area (Å²) in [6, 6.07) is 8.22. The molecule has 0 saturated heterocycles. The van der Waals surface area contributed by atoms with Crippen LogP contribution in [0.3, 0.4) is 0 Å². The lowest BCUT2D eigenvalue weighted by molar-refractivity contribution is 0.960. The molecule has 0 unspecified atom stereocenters. The average molecular weight is 360 g/mol. The van der Waals surface area contributed by atoms with Crippen molar-refractivity contribution >= 4 is 39.7 Å². The molecular weight excluding hydrogens is 338 g/mol. The highest BCUT2D eigenvalue weighted by molar-refractivity contribution is 7.12. The molecule has 0 amide bonds. The molecule has 0 fully saturated rings. The molecule has 0 spiro atoms. The molecule has 24 heavy (non-hydrogen) atoms. The van der Waals surface area contributed by atoms with E-state index in [1.807, 2.05) is 43.4 Å². The largest absolute Gasteiger partial charge is 0.368 e. The standard InChI is InChI=1S/C17H16ClN3S.C2H6/c1-9-7-12(10(2)22-9)16-15(17-19-5-6-20-17)13-8-11(18)3-4-14(13)21-16;1-2/h3-4,7-8,21H,5-6H2,1-2H3,(H,19,20);1-2H3. The van der Waals surface area contributed by atoms with Crippen molar-refractivity contribution in [2.24, 2.45) is 4.99 Å². The fourth-order valence-corrected chi connectivity index (χ4v) is 4.16. The van der Waals surface area contributed by atoms with Crippen LogP contribution in [0.5, 0.6) is 0 Å². The van der Waals surface area contributed by atoms with Gasteiger partial charge in [-0.2, -0.15) is 0 Å². The topological polar surface area (TPSA) is 40.2 Å². The fraction of sp³-hybridized carbons (Fsp3) is 0.316. The van der Waals surface area contributed by atoms with E-state index in [9.17, 15) is 0 Å². The van der Waals surface area contributed by atoms with E-state index in [4.69, 9.17) is 11.6 Å². The van der Waals surface area contributed by atoms with Crippen LogP contribution >= 0.6 is 22.9 Å². The monoisotopic (exact) mass is 359 g/mol. The first-order valence-corrected chi connectivity index (χ1v) is 9.50. The van der Waals surface area contributed by atoms with E-state index in [1.165, 1.54) is 15.3 Å². The lowest BCUT2D eigenvalue weighted by atomic mass is 10.0. The molecule has 2 N–H and O–H groups in total. The van der Waals surface area contributed by atoms with Crippen LogP contribution in [0.15, 0.2) is 29.3 Å². The zero-order valence-corrected chi connectivity index (χ0v) is 16.0. The zero-order chi connectivity index (χ0) is 17.3. The van der Waals surface area contributed by atoms with Crippen LogP contribution in [0, 0.1) is 13.8 Å². The number of aryl methyl sites for hydroxylation is 2. The Kier molecular flexibility index (Phi) is 4.97. The predicted octanol–water partition coefficient (Wildman–Crippen LogP) is 5.54. The number of aromatic amines is 1. The van der Waals surface area contributed by atoms with Crippen LogP contribution in [0.4, 0.5) is 0 Å². The second-order valence-electron chi connectivity index (χ2n) is 5.55.